The van der Waals surface area contributed by atoms with Gasteiger partial charge in [0.2, 0.25) is 0 Å². The van der Waals surface area contributed by atoms with E-state index in [1.807, 2.05) is 52.8 Å². The topological polar surface area (TPSA) is 66.8 Å². The maximum absolute atomic E-state index is 11.2. The summed E-state index contributed by atoms with van der Waals surface area (Å²) in [5.41, 5.74) is 4.51. The van der Waals surface area contributed by atoms with Crippen LogP contribution in [-0.4, -0.2) is 28.9 Å². The van der Waals surface area contributed by atoms with E-state index in [-0.39, 0.29) is 12.0 Å². The molecule has 30 heavy (non-hydrogen) atoms. The molecule has 2 N–H and O–H groups in total. The van der Waals surface area contributed by atoms with Crippen molar-refractivity contribution >= 4 is 5.97 Å². The third-order valence-electron chi connectivity index (χ3n) is 5.86. The summed E-state index contributed by atoms with van der Waals surface area (Å²) in [6, 6.07) is 11.9. The molecule has 4 heteroatoms. The zero-order valence-corrected chi connectivity index (χ0v) is 19.2. The quantitative estimate of drug-likeness (QED) is 0.537. The van der Waals surface area contributed by atoms with Crippen molar-refractivity contribution in [2.45, 2.75) is 72.8 Å². The zero-order valence-electron chi connectivity index (χ0n) is 19.2. The van der Waals surface area contributed by atoms with Crippen molar-refractivity contribution in [2.24, 2.45) is 5.41 Å². The molecule has 2 atom stereocenters. The van der Waals surface area contributed by atoms with Gasteiger partial charge in [-0.1, -0.05) is 52.0 Å². The van der Waals surface area contributed by atoms with Crippen molar-refractivity contribution in [1.82, 2.24) is 0 Å². The largest absolute Gasteiger partial charge is 0.491 e. The summed E-state index contributed by atoms with van der Waals surface area (Å²) in [6.45, 7) is 12.4. The van der Waals surface area contributed by atoms with Crippen LogP contribution in [0.4, 0.5) is 0 Å². The molecule has 0 aliphatic carbocycles. The van der Waals surface area contributed by atoms with Crippen LogP contribution in [0.3, 0.4) is 0 Å². The van der Waals surface area contributed by atoms with Crippen LogP contribution in [0.15, 0.2) is 36.4 Å². The lowest BCUT2D eigenvalue weighted by Crippen LogP contribution is -2.32. The van der Waals surface area contributed by atoms with Gasteiger partial charge in [0.15, 0.2) is 0 Å². The number of aliphatic hydroxyl groups excluding tert-OH is 1. The molecule has 0 spiro atoms. The van der Waals surface area contributed by atoms with Crippen LogP contribution in [0.5, 0.6) is 5.75 Å². The molecular formula is C26H36O4. The van der Waals surface area contributed by atoms with E-state index in [0.717, 1.165) is 36.1 Å². The summed E-state index contributed by atoms with van der Waals surface area (Å²) in [7, 11) is 0. The predicted molar refractivity (Wildman–Crippen MR) is 122 cm³/mol. The number of hydrogen-bond donors (Lipinski definition) is 2. The zero-order chi connectivity index (χ0) is 22.5. The molecule has 4 nitrogen and oxygen atoms in total. The fourth-order valence-corrected chi connectivity index (χ4v) is 3.58. The second-order valence-corrected chi connectivity index (χ2v) is 9.32. The normalized spacial score (nSPS) is 13.7. The molecule has 0 fully saturated rings. The fourth-order valence-electron chi connectivity index (χ4n) is 3.58. The van der Waals surface area contributed by atoms with Gasteiger partial charge >= 0.3 is 5.97 Å². The molecule has 0 aromatic heterocycles. The van der Waals surface area contributed by atoms with Crippen LogP contribution in [0.1, 0.15) is 79.1 Å². The monoisotopic (exact) mass is 412 g/mol. The van der Waals surface area contributed by atoms with Gasteiger partial charge < -0.3 is 14.9 Å². The van der Waals surface area contributed by atoms with Gasteiger partial charge in [0.1, 0.15) is 12.4 Å². The molecule has 2 unspecified atom stereocenters. The Bertz CT molecular complexity index is 864. The summed E-state index contributed by atoms with van der Waals surface area (Å²) in [6.07, 6.45) is 2.43. The molecule has 0 aliphatic rings. The number of hydrogen-bond acceptors (Lipinski definition) is 3. The number of ether oxygens (including phenoxy) is 1. The first kappa shape index (κ1) is 23.9. The molecule has 0 heterocycles. The fraction of sp³-hybridized carbons (Fsp3) is 0.500. The highest BCUT2D eigenvalue weighted by Crippen LogP contribution is 2.30. The van der Waals surface area contributed by atoms with E-state index < -0.39 is 12.1 Å². The average Bonchev–Trinajstić information content (AvgIpc) is 2.66. The number of carboxylic acids is 1. The minimum atomic E-state index is -0.877. The predicted octanol–water partition coefficient (Wildman–Crippen LogP) is 5.91. The highest BCUT2D eigenvalue weighted by Gasteiger charge is 2.23. The van der Waals surface area contributed by atoms with E-state index in [2.05, 4.69) is 19.1 Å². The van der Waals surface area contributed by atoms with E-state index in [1.165, 1.54) is 11.1 Å². The lowest BCUT2D eigenvalue weighted by atomic mass is 9.88. The van der Waals surface area contributed by atoms with E-state index in [9.17, 15) is 15.0 Å². The Morgan fingerprint density at radius 2 is 1.77 bits per heavy atom. The SMILES string of the molecule is CCC(CCc1ccc(C(=O)O)c(C)c1)c1ccc(OCC(O)C(C)(C)C)c(C)c1. The molecule has 0 aliphatic heterocycles. The Labute approximate surface area is 180 Å². The summed E-state index contributed by atoms with van der Waals surface area (Å²) in [4.78, 5) is 11.2. The maximum atomic E-state index is 11.2. The Kier molecular flexibility index (Phi) is 8.08. The summed E-state index contributed by atoms with van der Waals surface area (Å²) < 4.78 is 5.87. The van der Waals surface area contributed by atoms with E-state index >= 15 is 0 Å². The summed E-state index contributed by atoms with van der Waals surface area (Å²) >= 11 is 0. The first-order valence-electron chi connectivity index (χ1n) is 10.8. The second-order valence-electron chi connectivity index (χ2n) is 9.32. The van der Waals surface area contributed by atoms with Gasteiger partial charge in [-0.05, 0) is 78.8 Å². The molecule has 0 radical (unpaired) electrons. The lowest BCUT2D eigenvalue weighted by Gasteiger charge is -2.26. The van der Waals surface area contributed by atoms with Crippen LogP contribution in [0.2, 0.25) is 0 Å². The highest BCUT2D eigenvalue weighted by molar-refractivity contribution is 5.89. The Morgan fingerprint density at radius 1 is 1.07 bits per heavy atom. The molecule has 0 saturated heterocycles. The minimum absolute atomic E-state index is 0.206. The van der Waals surface area contributed by atoms with E-state index in [0.29, 0.717) is 11.5 Å². The van der Waals surface area contributed by atoms with Crippen LogP contribution in [0, 0.1) is 19.3 Å². The number of benzene rings is 2. The first-order valence-corrected chi connectivity index (χ1v) is 10.8. The standard InChI is InChI=1S/C26H36O4/c1-7-20(10-8-19-9-12-22(25(28)29)17(2)14-19)21-11-13-23(18(3)15-21)30-16-24(27)26(4,5)6/h9,11-15,20,24,27H,7-8,10,16H2,1-6H3,(H,28,29). The smallest absolute Gasteiger partial charge is 0.335 e. The third kappa shape index (κ3) is 6.33. The van der Waals surface area contributed by atoms with Crippen molar-refractivity contribution in [3.63, 3.8) is 0 Å². The molecule has 0 amide bonds. The number of aryl methyl sites for hydroxylation is 3. The van der Waals surface area contributed by atoms with Gasteiger partial charge in [-0.3, -0.25) is 0 Å². The number of carboxylic acid groups (broad SMARTS) is 1. The van der Waals surface area contributed by atoms with Crippen molar-refractivity contribution in [3.8, 4) is 5.75 Å². The molecule has 2 rings (SSSR count). The molecule has 0 bridgehead atoms. The van der Waals surface area contributed by atoms with Gasteiger partial charge in [0, 0.05) is 0 Å². The molecule has 0 saturated carbocycles. The molecular weight excluding hydrogens is 376 g/mol. The van der Waals surface area contributed by atoms with Gasteiger partial charge in [0.25, 0.3) is 0 Å². The lowest BCUT2D eigenvalue weighted by molar-refractivity contribution is 0.0216. The van der Waals surface area contributed by atoms with Crippen molar-refractivity contribution < 1.29 is 19.7 Å². The van der Waals surface area contributed by atoms with Gasteiger partial charge in [0.05, 0.1) is 11.7 Å². The van der Waals surface area contributed by atoms with Gasteiger partial charge in [-0.2, -0.15) is 0 Å². The van der Waals surface area contributed by atoms with Crippen LogP contribution in [0.25, 0.3) is 0 Å². The van der Waals surface area contributed by atoms with Gasteiger partial charge in [-0.15, -0.1) is 0 Å². The van der Waals surface area contributed by atoms with E-state index in [1.54, 1.807) is 6.07 Å². The van der Waals surface area contributed by atoms with Crippen molar-refractivity contribution in [1.29, 1.82) is 0 Å². The Balaban J connectivity index is 2.03. The molecule has 2 aromatic carbocycles. The van der Waals surface area contributed by atoms with Crippen LogP contribution in [-0.2, 0) is 6.42 Å². The minimum Gasteiger partial charge on any atom is -0.491 e. The number of aromatic carboxylic acids is 1. The third-order valence-corrected chi connectivity index (χ3v) is 5.86. The summed E-state index contributed by atoms with van der Waals surface area (Å²) in [5, 5.41) is 19.4. The van der Waals surface area contributed by atoms with Crippen molar-refractivity contribution in [3.05, 3.63) is 64.2 Å². The van der Waals surface area contributed by atoms with Crippen LogP contribution < -0.4 is 4.74 Å². The number of carbonyl (C=O) groups is 1. The van der Waals surface area contributed by atoms with E-state index in [4.69, 9.17) is 4.74 Å². The summed E-state index contributed by atoms with van der Waals surface area (Å²) in [5.74, 6) is 0.368. The van der Waals surface area contributed by atoms with Crippen molar-refractivity contribution in [2.75, 3.05) is 6.61 Å². The first-order chi connectivity index (χ1) is 14.0. The maximum Gasteiger partial charge on any atom is 0.335 e. The highest BCUT2D eigenvalue weighted by atomic mass is 16.5. The molecule has 2 aromatic rings. The number of rotatable bonds is 9. The number of aliphatic hydroxyl groups is 1. The second kappa shape index (κ2) is 10.1. The van der Waals surface area contributed by atoms with Gasteiger partial charge in [-0.25, -0.2) is 4.79 Å². The van der Waals surface area contributed by atoms with Crippen LogP contribution >= 0.6 is 0 Å². The Hall–Kier alpha value is -2.33. The molecule has 164 valence electrons. The Morgan fingerprint density at radius 3 is 2.30 bits per heavy atom. The average molecular weight is 413 g/mol.